The summed E-state index contributed by atoms with van der Waals surface area (Å²) in [5, 5.41) is 5.04. The van der Waals surface area contributed by atoms with Crippen LogP contribution in [0.2, 0.25) is 0 Å². The summed E-state index contributed by atoms with van der Waals surface area (Å²) in [4.78, 5) is 10.8. The van der Waals surface area contributed by atoms with Crippen LogP contribution in [0, 0.1) is 0 Å². The fourth-order valence-electron chi connectivity index (χ4n) is 11.4. The number of hydrogen-bond donors (Lipinski definition) is 0. The third kappa shape index (κ3) is 5.23. The van der Waals surface area contributed by atoms with E-state index < -0.39 is 0 Å². The molecule has 0 saturated heterocycles. The van der Waals surface area contributed by atoms with E-state index in [1.807, 2.05) is 35.3 Å². The zero-order valence-electron chi connectivity index (χ0n) is 36.3. The quantitative estimate of drug-likeness (QED) is 0.163. The molecule has 0 bridgehead atoms. The van der Waals surface area contributed by atoms with Crippen molar-refractivity contribution in [2.45, 2.75) is 87.2 Å². The molecule has 2 aliphatic heterocycles. The molecule has 0 amide bonds. The molecule has 0 unspecified atom stereocenters. The number of nitrogens with zero attached hydrogens (tertiary/aromatic N) is 1. The van der Waals surface area contributed by atoms with Crippen molar-refractivity contribution >= 4 is 73.9 Å². The molecule has 0 fully saturated rings. The lowest BCUT2D eigenvalue weighted by Crippen LogP contribution is -2.24. The first-order valence-electron chi connectivity index (χ1n) is 22.1. The summed E-state index contributed by atoms with van der Waals surface area (Å²) >= 11 is 5.80. The van der Waals surface area contributed by atoms with Crippen molar-refractivity contribution in [3.05, 3.63) is 197 Å². The minimum Gasteiger partial charge on any atom is -0.310 e. The third-order valence-electron chi connectivity index (χ3n) is 14.7. The molecule has 9 aromatic rings. The topological polar surface area (TPSA) is 3.24 Å². The van der Waals surface area contributed by atoms with Crippen LogP contribution in [0.25, 0.3) is 43.8 Å². The lowest BCUT2D eigenvalue weighted by Gasteiger charge is -2.36. The van der Waals surface area contributed by atoms with E-state index in [2.05, 4.69) is 210 Å². The number of rotatable bonds is 3. The molecule has 0 radical (unpaired) electrons. The van der Waals surface area contributed by atoms with Gasteiger partial charge >= 0.3 is 0 Å². The van der Waals surface area contributed by atoms with Crippen molar-refractivity contribution in [1.82, 2.24) is 0 Å². The third-order valence-corrected chi connectivity index (χ3v) is 18.6. The highest BCUT2D eigenvalue weighted by molar-refractivity contribution is 8.05. The van der Waals surface area contributed by atoms with Gasteiger partial charge in [-0.15, -0.1) is 0 Å². The summed E-state index contributed by atoms with van der Waals surface area (Å²) < 4.78 is 0. The fourth-order valence-corrected chi connectivity index (χ4v) is 15.4. The molecular weight excluding hydrogens is 819 g/mol. The molecule has 4 aliphatic rings. The summed E-state index contributed by atoms with van der Waals surface area (Å²) in [6.07, 6.45) is 0. The van der Waals surface area contributed by atoms with Crippen LogP contribution in [-0.2, 0) is 16.2 Å². The van der Waals surface area contributed by atoms with Gasteiger partial charge in [-0.05, 0) is 115 Å². The van der Waals surface area contributed by atoms with E-state index >= 15 is 0 Å². The summed E-state index contributed by atoms with van der Waals surface area (Å²) in [6.45, 7) is 14.5. The van der Waals surface area contributed by atoms with E-state index in [1.54, 1.807) is 0 Å². The van der Waals surface area contributed by atoms with Crippen LogP contribution in [0.5, 0.6) is 0 Å². The Labute approximate surface area is 383 Å². The van der Waals surface area contributed by atoms with Gasteiger partial charge < -0.3 is 4.90 Å². The van der Waals surface area contributed by atoms with E-state index in [1.165, 1.54) is 124 Å². The van der Waals surface area contributed by atoms with Crippen LogP contribution in [0.1, 0.15) is 74.9 Å². The first kappa shape index (κ1) is 37.9. The predicted molar refractivity (Wildman–Crippen MR) is 269 cm³/mol. The maximum Gasteiger partial charge on any atom is 0.0546 e. The van der Waals surface area contributed by atoms with Crippen LogP contribution in [0.4, 0.5) is 17.1 Å². The van der Waals surface area contributed by atoms with Gasteiger partial charge in [-0.1, -0.05) is 186 Å². The van der Waals surface area contributed by atoms with Gasteiger partial charge in [0.1, 0.15) is 0 Å². The second-order valence-corrected chi connectivity index (χ2v) is 22.5. The second kappa shape index (κ2) is 13.2. The van der Waals surface area contributed by atoms with Gasteiger partial charge in [-0.25, -0.2) is 0 Å². The zero-order valence-corrected chi connectivity index (χ0v) is 38.7. The fraction of sp³-hybridized carbons (Fsp3) is 0.153. The Morgan fingerprint density at radius 1 is 0.349 bits per heavy atom. The Hall–Kier alpha value is -5.65. The highest BCUT2D eigenvalue weighted by atomic mass is 32.2. The van der Waals surface area contributed by atoms with E-state index in [4.69, 9.17) is 0 Å². The average molecular weight is 864 g/mol. The van der Waals surface area contributed by atoms with Gasteiger partial charge in [0, 0.05) is 73.5 Å². The molecule has 0 aromatic heterocycles. The van der Waals surface area contributed by atoms with Crippen molar-refractivity contribution in [3.8, 4) is 22.3 Å². The largest absolute Gasteiger partial charge is 0.310 e. The van der Waals surface area contributed by atoms with E-state index in [0.29, 0.717) is 0 Å². The molecule has 0 atom stereocenters. The molecule has 304 valence electrons. The van der Waals surface area contributed by atoms with Crippen molar-refractivity contribution < 1.29 is 0 Å². The van der Waals surface area contributed by atoms with Crippen LogP contribution in [0.15, 0.2) is 193 Å². The maximum absolute atomic E-state index is 2.56. The van der Waals surface area contributed by atoms with Crippen LogP contribution >= 0.6 is 35.3 Å². The minimum atomic E-state index is -0.191. The Bertz CT molecular complexity index is 3480. The first-order chi connectivity index (χ1) is 30.5. The molecule has 9 aromatic carbocycles. The second-order valence-electron chi connectivity index (χ2n) is 19.3. The number of benzene rings is 9. The van der Waals surface area contributed by atoms with E-state index in [0.717, 1.165) is 0 Å². The minimum absolute atomic E-state index is 0.0880. The number of fused-ring (bicyclic) bond motifs is 15. The first-order valence-corrected chi connectivity index (χ1v) is 24.5. The molecule has 4 heteroatoms. The van der Waals surface area contributed by atoms with Gasteiger partial charge in [-0.2, -0.15) is 0 Å². The summed E-state index contributed by atoms with van der Waals surface area (Å²) in [6, 6.07) is 62.5. The predicted octanol–water partition coefficient (Wildman–Crippen LogP) is 17.5. The number of anilines is 3. The smallest absolute Gasteiger partial charge is 0.0546 e. The SMILES string of the molecule is CC1(C)c2ccccc2Sc2c1ccc1c2-c2ccc(N(c3ccc4c(c3)C(C)(C)c3ccc5c(c3-4)Sc3ccccc3S5)c3cc4ccccc4c4ccccc34)cc2C1(C)C. The lowest BCUT2D eigenvalue weighted by atomic mass is 9.75. The molecule has 13 rings (SSSR count). The van der Waals surface area contributed by atoms with Crippen LogP contribution < -0.4 is 4.90 Å². The molecule has 0 N–H and O–H groups in total. The highest BCUT2D eigenvalue weighted by Crippen LogP contribution is 2.61. The zero-order chi connectivity index (χ0) is 42.6. The van der Waals surface area contributed by atoms with Crippen molar-refractivity contribution in [2.24, 2.45) is 0 Å². The molecule has 63 heavy (non-hydrogen) atoms. The summed E-state index contributed by atoms with van der Waals surface area (Å²) in [7, 11) is 0. The van der Waals surface area contributed by atoms with Crippen molar-refractivity contribution in [1.29, 1.82) is 0 Å². The van der Waals surface area contributed by atoms with Crippen molar-refractivity contribution in [2.75, 3.05) is 4.90 Å². The van der Waals surface area contributed by atoms with Crippen molar-refractivity contribution in [3.63, 3.8) is 0 Å². The standard InChI is InChI=1S/C59H45NS3/c1-57(2)42-19-11-12-20-49(42)62-55-45(57)28-27-43-53(55)40-25-23-35(32-46(40)58(43,3)4)60(48-31-34-15-7-8-16-37(34)38-17-9-10-18-39(38)48)36-24-26-41-47(33-36)59(5,6)44-29-30-52-56(54(41)44)63-51-22-14-13-21-50(51)61-52/h7-33H,1-6H3. The molecular formula is C59H45NS3. The Morgan fingerprint density at radius 2 is 0.857 bits per heavy atom. The van der Waals surface area contributed by atoms with Gasteiger partial charge in [0.2, 0.25) is 0 Å². The summed E-state index contributed by atoms with van der Waals surface area (Å²) in [5.41, 5.74) is 17.0. The van der Waals surface area contributed by atoms with Gasteiger partial charge in [-0.3, -0.25) is 0 Å². The Kier molecular flexibility index (Phi) is 7.93. The van der Waals surface area contributed by atoms with E-state index in [9.17, 15) is 0 Å². The Morgan fingerprint density at radius 3 is 1.56 bits per heavy atom. The number of hydrogen-bond acceptors (Lipinski definition) is 4. The lowest BCUT2D eigenvalue weighted by molar-refractivity contribution is 0.604. The van der Waals surface area contributed by atoms with Gasteiger partial charge in [0.05, 0.1) is 5.69 Å². The average Bonchev–Trinajstić information content (AvgIpc) is 3.67. The van der Waals surface area contributed by atoms with Crippen LogP contribution in [-0.4, -0.2) is 0 Å². The maximum atomic E-state index is 2.56. The molecule has 0 saturated carbocycles. The summed E-state index contributed by atoms with van der Waals surface area (Å²) in [5.74, 6) is 0. The molecule has 1 nitrogen and oxygen atoms in total. The monoisotopic (exact) mass is 863 g/mol. The normalized spacial score (nSPS) is 16.3. The van der Waals surface area contributed by atoms with Gasteiger partial charge in [0.15, 0.2) is 0 Å². The van der Waals surface area contributed by atoms with Gasteiger partial charge in [0.25, 0.3) is 0 Å². The molecule has 2 aliphatic carbocycles. The highest BCUT2D eigenvalue weighted by Gasteiger charge is 2.43. The van der Waals surface area contributed by atoms with E-state index in [-0.39, 0.29) is 16.2 Å². The van der Waals surface area contributed by atoms with Crippen LogP contribution in [0.3, 0.4) is 0 Å². The molecule has 0 spiro atoms. The Balaban J connectivity index is 1.02. The molecule has 2 heterocycles.